The third-order valence-electron chi connectivity index (χ3n) is 6.79. The standard InChI is InChI=1S/C28H14F6N6/c29-27(30,31)18-9-19(28(32,33)34)11-20(10-18)40-25-21-8-15(17-7-16-3-1-2-4-22(16)35-12-17)5-6-23(21)36-13-24(25)39-14-37-38-26(39)40/h1-14H. The zero-order chi connectivity index (χ0) is 27.8. The van der Waals surface area contributed by atoms with Gasteiger partial charge in [-0.25, -0.2) is 0 Å². The number of imidazole rings is 1. The second-order valence-electron chi connectivity index (χ2n) is 9.24. The summed E-state index contributed by atoms with van der Waals surface area (Å²) in [6.45, 7) is 0. The molecule has 0 spiro atoms. The Labute approximate surface area is 220 Å². The maximum Gasteiger partial charge on any atom is 0.416 e. The van der Waals surface area contributed by atoms with E-state index in [2.05, 4.69) is 20.2 Å². The molecule has 0 N–H and O–H groups in total. The number of benzene rings is 3. The normalized spacial score (nSPS) is 12.8. The Balaban J connectivity index is 1.55. The SMILES string of the molecule is FC(F)(F)c1cc(-n2c3c4cc(-c5cnc6ccccc6c5)ccc4ncc3n3cnnc23)cc(C(F)(F)F)c1. The van der Waals surface area contributed by atoms with Crippen LogP contribution < -0.4 is 0 Å². The number of rotatable bonds is 2. The molecule has 40 heavy (non-hydrogen) atoms. The highest BCUT2D eigenvalue weighted by Crippen LogP contribution is 2.39. The average Bonchev–Trinajstić information content (AvgIpc) is 3.52. The summed E-state index contributed by atoms with van der Waals surface area (Å²) in [7, 11) is 0. The fraction of sp³-hybridized carbons (Fsp3) is 0.0714. The highest BCUT2D eigenvalue weighted by Gasteiger charge is 2.37. The monoisotopic (exact) mass is 548 g/mol. The second kappa shape index (κ2) is 8.25. The molecule has 4 heterocycles. The Morgan fingerprint density at radius 2 is 1.40 bits per heavy atom. The van der Waals surface area contributed by atoms with Crippen LogP contribution in [0.4, 0.5) is 26.3 Å². The molecule has 0 bridgehead atoms. The van der Waals surface area contributed by atoms with Crippen molar-refractivity contribution in [3.8, 4) is 16.8 Å². The minimum atomic E-state index is -5.01. The summed E-state index contributed by atoms with van der Waals surface area (Å²) in [5.41, 5.74) is 0.331. The summed E-state index contributed by atoms with van der Waals surface area (Å²) in [6, 6.07) is 16.3. The van der Waals surface area contributed by atoms with E-state index in [4.69, 9.17) is 0 Å². The molecule has 0 aliphatic carbocycles. The summed E-state index contributed by atoms with van der Waals surface area (Å²) in [4.78, 5) is 8.98. The molecule has 7 aromatic rings. The van der Waals surface area contributed by atoms with Crippen molar-refractivity contribution in [2.75, 3.05) is 0 Å². The Kier molecular flexibility index (Phi) is 4.96. The molecule has 4 aromatic heterocycles. The van der Waals surface area contributed by atoms with Gasteiger partial charge in [0.1, 0.15) is 6.33 Å². The molecule has 0 saturated heterocycles. The molecule has 3 aromatic carbocycles. The molecule has 0 aliphatic heterocycles. The summed E-state index contributed by atoms with van der Waals surface area (Å²) in [5.74, 6) is 0.0366. The van der Waals surface area contributed by atoms with Crippen LogP contribution in [0.25, 0.3) is 55.4 Å². The molecule has 0 aliphatic rings. The third-order valence-corrected chi connectivity index (χ3v) is 6.79. The van der Waals surface area contributed by atoms with Gasteiger partial charge in [0.25, 0.3) is 0 Å². The number of nitrogens with zero attached hydrogens (tertiary/aromatic N) is 6. The lowest BCUT2D eigenvalue weighted by Gasteiger charge is -2.15. The predicted molar refractivity (Wildman–Crippen MR) is 136 cm³/mol. The average molecular weight is 548 g/mol. The van der Waals surface area contributed by atoms with Crippen molar-refractivity contribution in [3.63, 3.8) is 0 Å². The second-order valence-corrected chi connectivity index (χ2v) is 9.24. The molecular formula is C28H14F6N6. The number of hydrogen-bond acceptors (Lipinski definition) is 4. The van der Waals surface area contributed by atoms with Crippen LogP contribution in [0.2, 0.25) is 0 Å². The molecule has 198 valence electrons. The number of halogens is 6. The molecule has 0 fully saturated rings. The predicted octanol–water partition coefficient (Wildman–Crippen LogP) is 7.47. The number of fused-ring (bicyclic) bond motifs is 6. The van der Waals surface area contributed by atoms with Crippen LogP contribution >= 0.6 is 0 Å². The first kappa shape index (κ1) is 24.1. The van der Waals surface area contributed by atoms with Gasteiger partial charge >= 0.3 is 12.4 Å². The number of hydrogen-bond donors (Lipinski definition) is 0. The minimum Gasteiger partial charge on any atom is -0.276 e. The first-order valence-electron chi connectivity index (χ1n) is 11.9. The van der Waals surface area contributed by atoms with Crippen molar-refractivity contribution in [2.24, 2.45) is 0 Å². The van der Waals surface area contributed by atoms with E-state index in [-0.39, 0.29) is 17.5 Å². The number of pyridine rings is 2. The van der Waals surface area contributed by atoms with E-state index in [9.17, 15) is 26.3 Å². The maximum absolute atomic E-state index is 13.7. The topological polar surface area (TPSA) is 60.9 Å². The largest absolute Gasteiger partial charge is 0.416 e. The van der Waals surface area contributed by atoms with E-state index in [0.29, 0.717) is 34.1 Å². The van der Waals surface area contributed by atoms with Crippen molar-refractivity contribution in [1.82, 2.24) is 29.1 Å². The van der Waals surface area contributed by atoms with Crippen LogP contribution in [0.5, 0.6) is 0 Å². The molecule has 0 saturated carbocycles. The van der Waals surface area contributed by atoms with Crippen molar-refractivity contribution < 1.29 is 26.3 Å². The summed E-state index contributed by atoms with van der Waals surface area (Å²) in [6.07, 6.45) is -5.50. The van der Waals surface area contributed by atoms with Gasteiger partial charge < -0.3 is 0 Å². The van der Waals surface area contributed by atoms with Crippen molar-refractivity contribution in [3.05, 3.63) is 96.6 Å². The van der Waals surface area contributed by atoms with E-state index in [1.165, 1.54) is 21.5 Å². The van der Waals surface area contributed by atoms with Crippen LogP contribution in [0.1, 0.15) is 11.1 Å². The Bertz CT molecular complexity index is 2070. The third kappa shape index (κ3) is 3.74. The van der Waals surface area contributed by atoms with Gasteiger partial charge in [0.05, 0.1) is 45.1 Å². The first-order chi connectivity index (χ1) is 19.1. The first-order valence-corrected chi connectivity index (χ1v) is 11.9. The van der Waals surface area contributed by atoms with E-state index in [1.807, 2.05) is 36.4 Å². The molecule has 0 radical (unpaired) electrons. The highest BCUT2D eigenvalue weighted by molar-refractivity contribution is 6.06. The van der Waals surface area contributed by atoms with Gasteiger partial charge in [-0.05, 0) is 48.0 Å². The minimum absolute atomic E-state index is 0.0366. The van der Waals surface area contributed by atoms with E-state index < -0.39 is 23.5 Å². The Morgan fingerprint density at radius 3 is 2.15 bits per heavy atom. The van der Waals surface area contributed by atoms with Gasteiger partial charge in [-0.2, -0.15) is 26.3 Å². The van der Waals surface area contributed by atoms with Crippen LogP contribution in [0.15, 0.2) is 85.5 Å². The molecule has 7 rings (SSSR count). The maximum atomic E-state index is 13.7. The molecule has 12 heteroatoms. The van der Waals surface area contributed by atoms with Crippen molar-refractivity contribution >= 4 is 38.6 Å². The fourth-order valence-electron chi connectivity index (χ4n) is 4.95. The zero-order valence-corrected chi connectivity index (χ0v) is 20.0. The van der Waals surface area contributed by atoms with Crippen molar-refractivity contribution in [2.45, 2.75) is 12.4 Å². The van der Waals surface area contributed by atoms with Crippen LogP contribution in [0, 0.1) is 0 Å². The molecule has 0 atom stereocenters. The quantitative estimate of drug-likeness (QED) is 0.210. The van der Waals surface area contributed by atoms with Gasteiger partial charge in [0.2, 0.25) is 5.78 Å². The smallest absolute Gasteiger partial charge is 0.276 e. The van der Waals surface area contributed by atoms with Gasteiger partial charge in [-0.1, -0.05) is 24.3 Å². The lowest BCUT2D eigenvalue weighted by Crippen LogP contribution is -2.12. The molecule has 6 nitrogen and oxygen atoms in total. The molecular weight excluding hydrogens is 534 g/mol. The Hall–Kier alpha value is -5.00. The van der Waals surface area contributed by atoms with Crippen molar-refractivity contribution in [1.29, 1.82) is 0 Å². The highest BCUT2D eigenvalue weighted by atomic mass is 19.4. The molecule has 0 amide bonds. The van der Waals surface area contributed by atoms with E-state index in [1.54, 1.807) is 18.3 Å². The summed E-state index contributed by atoms with van der Waals surface area (Å²) in [5, 5.41) is 9.25. The number of para-hydroxylation sites is 1. The Morgan fingerprint density at radius 1 is 0.675 bits per heavy atom. The number of aromatic nitrogens is 6. The fourth-order valence-corrected chi connectivity index (χ4v) is 4.95. The van der Waals surface area contributed by atoms with Gasteiger partial charge in [0.15, 0.2) is 0 Å². The molecule has 0 unspecified atom stereocenters. The van der Waals surface area contributed by atoms with Crippen LogP contribution in [0.3, 0.4) is 0 Å². The lowest BCUT2D eigenvalue weighted by molar-refractivity contribution is -0.143. The van der Waals surface area contributed by atoms with Gasteiger partial charge in [0, 0.05) is 22.5 Å². The summed E-state index contributed by atoms with van der Waals surface area (Å²) < 4.78 is 85.1. The van der Waals surface area contributed by atoms with Crippen LogP contribution in [-0.2, 0) is 12.4 Å². The van der Waals surface area contributed by atoms with Crippen LogP contribution in [-0.4, -0.2) is 29.1 Å². The van der Waals surface area contributed by atoms with Gasteiger partial charge in [-0.3, -0.25) is 18.9 Å². The summed E-state index contributed by atoms with van der Waals surface area (Å²) >= 11 is 0. The van der Waals surface area contributed by atoms with E-state index >= 15 is 0 Å². The van der Waals surface area contributed by atoms with E-state index in [0.717, 1.165) is 22.0 Å². The zero-order valence-electron chi connectivity index (χ0n) is 20.0. The van der Waals surface area contributed by atoms with Gasteiger partial charge in [-0.15, -0.1) is 10.2 Å². The lowest BCUT2D eigenvalue weighted by atomic mass is 10.0. The number of alkyl halides is 6.